The van der Waals surface area contributed by atoms with E-state index < -0.39 is 18.2 Å². The Morgan fingerprint density at radius 2 is 1.91 bits per heavy atom. The minimum atomic E-state index is -0.747. The van der Waals surface area contributed by atoms with Crippen LogP contribution in [-0.2, 0) is 9.59 Å². The molecular formula is C18H30O5. The largest absolute Gasteiger partial charge is 0.481 e. The molecule has 0 aromatic heterocycles. The molecule has 0 saturated heterocycles. The molecule has 4 unspecified atom stereocenters. The Balaban J connectivity index is 2.19. The first-order chi connectivity index (χ1) is 11.0. The second kappa shape index (κ2) is 10.6. The lowest BCUT2D eigenvalue weighted by molar-refractivity contribution is -0.137. The van der Waals surface area contributed by atoms with Crippen molar-refractivity contribution < 1.29 is 24.9 Å². The number of aliphatic carboxylic acids is 1. The smallest absolute Gasteiger partial charge is 0.303 e. The molecule has 0 bridgehead atoms. The van der Waals surface area contributed by atoms with Crippen molar-refractivity contribution >= 4 is 11.8 Å². The Morgan fingerprint density at radius 1 is 1.26 bits per heavy atom. The summed E-state index contributed by atoms with van der Waals surface area (Å²) < 4.78 is 0. The van der Waals surface area contributed by atoms with Gasteiger partial charge in [-0.15, -0.1) is 0 Å². The molecule has 0 aliphatic heterocycles. The third-order valence-corrected chi connectivity index (χ3v) is 4.62. The van der Waals surface area contributed by atoms with Gasteiger partial charge in [0, 0.05) is 24.7 Å². The molecule has 1 saturated carbocycles. The van der Waals surface area contributed by atoms with Crippen molar-refractivity contribution in [1.29, 1.82) is 0 Å². The summed E-state index contributed by atoms with van der Waals surface area (Å²) in [5.74, 6) is -0.921. The molecule has 0 spiro atoms. The highest BCUT2D eigenvalue weighted by atomic mass is 16.4. The molecule has 23 heavy (non-hydrogen) atoms. The first kappa shape index (κ1) is 19.8. The molecule has 132 valence electrons. The number of rotatable bonds is 11. The van der Waals surface area contributed by atoms with Crippen LogP contribution in [0.4, 0.5) is 0 Å². The van der Waals surface area contributed by atoms with Gasteiger partial charge >= 0.3 is 5.97 Å². The minimum absolute atomic E-state index is 0.116. The summed E-state index contributed by atoms with van der Waals surface area (Å²) in [5, 5.41) is 28.4. The van der Waals surface area contributed by atoms with Crippen LogP contribution in [0.25, 0.3) is 0 Å². The van der Waals surface area contributed by atoms with E-state index in [-0.39, 0.29) is 30.5 Å². The quantitative estimate of drug-likeness (QED) is 0.401. The molecule has 4 atom stereocenters. The molecule has 1 aliphatic rings. The average molecular weight is 326 g/mol. The van der Waals surface area contributed by atoms with E-state index in [1.54, 1.807) is 12.2 Å². The van der Waals surface area contributed by atoms with E-state index in [9.17, 15) is 19.8 Å². The molecule has 5 heteroatoms. The standard InChI is InChI=1S/C18H30O5/c1-2-14-15(17(21)12-16(14)20)11-10-13(19)8-6-4-3-5-7-9-18(22)23/h10-11,13-15,17,19,21H,2-9,12H2,1H3,(H,22,23)/b11-10+. The van der Waals surface area contributed by atoms with Crippen LogP contribution in [0, 0.1) is 11.8 Å². The van der Waals surface area contributed by atoms with Gasteiger partial charge in [-0.1, -0.05) is 44.8 Å². The highest BCUT2D eigenvalue weighted by molar-refractivity contribution is 5.84. The summed E-state index contributed by atoms with van der Waals surface area (Å²) in [7, 11) is 0. The van der Waals surface area contributed by atoms with Crippen molar-refractivity contribution in [3.05, 3.63) is 12.2 Å². The summed E-state index contributed by atoms with van der Waals surface area (Å²) >= 11 is 0. The van der Waals surface area contributed by atoms with Gasteiger partial charge in [0.25, 0.3) is 0 Å². The van der Waals surface area contributed by atoms with Crippen molar-refractivity contribution in [2.45, 2.75) is 76.9 Å². The average Bonchev–Trinajstić information content (AvgIpc) is 2.76. The summed E-state index contributed by atoms with van der Waals surface area (Å²) in [6.45, 7) is 1.95. The second-order valence-corrected chi connectivity index (χ2v) is 6.48. The monoisotopic (exact) mass is 326 g/mol. The van der Waals surface area contributed by atoms with E-state index in [4.69, 9.17) is 5.11 Å². The lowest BCUT2D eigenvalue weighted by Gasteiger charge is -2.16. The Morgan fingerprint density at radius 3 is 2.57 bits per heavy atom. The number of carboxylic acids is 1. The predicted octanol–water partition coefficient (Wildman–Crippen LogP) is 2.69. The van der Waals surface area contributed by atoms with Crippen LogP contribution in [0.1, 0.15) is 64.7 Å². The highest BCUT2D eigenvalue weighted by Crippen LogP contribution is 2.32. The first-order valence-electron chi connectivity index (χ1n) is 8.74. The molecule has 1 fully saturated rings. The lowest BCUT2D eigenvalue weighted by atomic mass is 9.91. The van der Waals surface area contributed by atoms with E-state index in [1.807, 2.05) is 6.92 Å². The zero-order valence-electron chi connectivity index (χ0n) is 14.0. The van der Waals surface area contributed by atoms with Crippen LogP contribution < -0.4 is 0 Å². The number of carbonyl (C=O) groups is 2. The number of Topliss-reactive ketones (excluding diaryl/α,β-unsaturated/α-hetero) is 1. The van der Waals surface area contributed by atoms with Crippen molar-refractivity contribution in [2.24, 2.45) is 11.8 Å². The van der Waals surface area contributed by atoms with Crippen LogP contribution >= 0.6 is 0 Å². The SMILES string of the molecule is CCC1C(=O)CC(O)C1/C=C/C(O)CCCCCCCC(=O)O. The lowest BCUT2D eigenvalue weighted by Crippen LogP contribution is -2.18. The molecule has 0 radical (unpaired) electrons. The van der Waals surface area contributed by atoms with Crippen molar-refractivity contribution in [2.75, 3.05) is 0 Å². The zero-order chi connectivity index (χ0) is 17.2. The van der Waals surface area contributed by atoms with Gasteiger partial charge in [-0.25, -0.2) is 0 Å². The van der Waals surface area contributed by atoms with Crippen LogP contribution in [0.15, 0.2) is 12.2 Å². The Labute approximate surface area is 138 Å². The number of hydrogen-bond donors (Lipinski definition) is 3. The van der Waals surface area contributed by atoms with Gasteiger partial charge in [0.05, 0.1) is 12.2 Å². The van der Waals surface area contributed by atoms with E-state index >= 15 is 0 Å². The fourth-order valence-electron chi connectivity index (χ4n) is 3.25. The molecular weight excluding hydrogens is 296 g/mol. The van der Waals surface area contributed by atoms with E-state index in [2.05, 4.69) is 0 Å². The number of unbranched alkanes of at least 4 members (excludes halogenated alkanes) is 4. The molecule has 1 rings (SSSR count). The molecule has 0 aromatic carbocycles. The van der Waals surface area contributed by atoms with Gasteiger partial charge in [-0.05, 0) is 19.3 Å². The van der Waals surface area contributed by atoms with Crippen LogP contribution in [0.3, 0.4) is 0 Å². The van der Waals surface area contributed by atoms with Gasteiger partial charge in [0.15, 0.2) is 0 Å². The zero-order valence-corrected chi connectivity index (χ0v) is 14.0. The Hall–Kier alpha value is -1.20. The summed E-state index contributed by atoms with van der Waals surface area (Å²) in [6, 6.07) is 0. The van der Waals surface area contributed by atoms with Crippen molar-refractivity contribution in [3.8, 4) is 0 Å². The number of aliphatic hydroxyl groups is 2. The minimum Gasteiger partial charge on any atom is -0.481 e. The molecule has 0 heterocycles. The van der Waals surface area contributed by atoms with Crippen molar-refractivity contribution in [1.82, 2.24) is 0 Å². The first-order valence-corrected chi connectivity index (χ1v) is 8.74. The van der Waals surface area contributed by atoms with Gasteiger partial charge in [0.2, 0.25) is 0 Å². The second-order valence-electron chi connectivity index (χ2n) is 6.48. The molecule has 0 aromatic rings. The number of carboxylic acid groups (broad SMARTS) is 1. The van der Waals surface area contributed by atoms with E-state index in [0.717, 1.165) is 32.1 Å². The molecule has 0 amide bonds. The van der Waals surface area contributed by atoms with Gasteiger partial charge in [-0.2, -0.15) is 0 Å². The fourth-order valence-corrected chi connectivity index (χ4v) is 3.25. The topological polar surface area (TPSA) is 94.8 Å². The summed E-state index contributed by atoms with van der Waals surface area (Å²) in [4.78, 5) is 22.1. The van der Waals surface area contributed by atoms with E-state index in [0.29, 0.717) is 12.8 Å². The molecule has 3 N–H and O–H groups in total. The van der Waals surface area contributed by atoms with Gasteiger partial charge in [-0.3, -0.25) is 9.59 Å². The highest BCUT2D eigenvalue weighted by Gasteiger charge is 2.38. The van der Waals surface area contributed by atoms with Crippen LogP contribution in [0.2, 0.25) is 0 Å². The van der Waals surface area contributed by atoms with Crippen LogP contribution in [-0.4, -0.2) is 39.3 Å². The summed E-state index contributed by atoms with van der Waals surface area (Å²) in [5.41, 5.74) is 0. The number of aliphatic hydroxyl groups excluding tert-OH is 2. The number of ketones is 1. The third kappa shape index (κ3) is 7.27. The number of hydrogen-bond acceptors (Lipinski definition) is 4. The maximum absolute atomic E-state index is 11.7. The maximum Gasteiger partial charge on any atom is 0.303 e. The predicted molar refractivity (Wildman–Crippen MR) is 88.0 cm³/mol. The van der Waals surface area contributed by atoms with Gasteiger partial charge in [0.1, 0.15) is 5.78 Å². The third-order valence-electron chi connectivity index (χ3n) is 4.62. The maximum atomic E-state index is 11.7. The van der Waals surface area contributed by atoms with E-state index in [1.165, 1.54) is 0 Å². The fraction of sp³-hybridized carbons (Fsp3) is 0.778. The Bertz CT molecular complexity index is 404. The molecule has 1 aliphatic carbocycles. The normalized spacial score (nSPS) is 26.0. The summed E-state index contributed by atoms with van der Waals surface area (Å²) in [6.07, 6.45) is 8.65. The van der Waals surface area contributed by atoms with Gasteiger partial charge < -0.3 is 15.3 Å². The van der Waals surface area contributed by atoms with Crippen molar-refractivity contribution in [3.63, 3.8) is 0 Å². The van der Waals surface area contributed by atoms with Crippen LogP contribution in [0.5, 0.6) is 0 Å². The molecule has 5 nitrogen and oxygen atoms in total. The Kier molecular flexibility index (Phi) is 9.10. The number of carbonyl (C=O) groups excluding carboxylic acids is 1.